The maximum absolute atomic E-state index is 5.78. The van der Waals surface area contributed by atoms with Gasteiger partial charge < -0.3 is 37.9 Å². The third kappa shape index (κ3) is 11.4. The zero-order valence-corrected chi connectivity index (χ0v) is 17.5. The minimum absolute atomic E-state index is 0.187. The van der Waals surface area contributed by atoms with Crippen molar-refractivity contribution in [1.82, 2.24) is 0 Å². The van der Waals surface area contributed by atoms with E-state index < -0.39 is 0 Å². The Bertz CT molecular complexity index is 469. The van der Waals surface area contributed by atoms with E-state index in [1.165, 1.54) is 4.88 Å². The Morgan fingerprint density at radius 3 is 2.21 bits per heavy atom. The van der Waals surface area contributed by atoms with E-state index in [0.717, 1.165) is 13.0 Å². The first-order valence-corrected chi connectivity index (χ1v) is 10.3. The Morgan fingerprint density at radius 2 is 1.64 bits per heavy atom. The number of methoxy groups -OCH3 is 2. The first-order valence-electron chi connectivity index (χ1n) is 9.40. The molecule has 28 heavy (non-hydrogen) atoms. The molecule has 1 aliphatic rings. The lowest BCUT2D eigenvalue weighted by Gasteiger charge is -2.21. The summed E-state index contributed by atoms with van der Waals surface area (Å²) in [5.74, 6) is 0. The van der Waals surface area contributed by atoms with Crippen molar-refractivity contribution in [3.8, 4) is 0 Å². The first kappa shape index (κ1) is 23.7. The van der Waals surface area contributed by atoms with E-state index in [1.54, 1.807) is 25.6 Å². The molecule has 0 bridgehead atoms. The predicted octanol–water partition coefficient (Wildman–Crippen LogP) is 1.72. The van der Waals surface area contributed by atoms with E-state index in [2.05, 4.69) is 11.4 Å². The fourth-order valence-corrected chi connectivity index (χ4v) is 2.98. The molecule has 0 spiro atoms. The van der Waals surface area contributed by atoms with Crippen molar-refractivity contribution in [2.45, 2.75) is 24.7 Å². The maximum Gasteiger partial charge on any atom is 0.146 e. The molecule has 0 saturated carbocycles. The van der Waals surface area contributed by atoms with Gasteiger partial charge in [0.05, 0.1) is 46.2 Å². The van der Waals surface area contributed by atoms with Crippen LogP contribution in [0, 0.1) is 0 Å². The quantitative estimate of drug-likeness (QED) is 0.190. The monoisotopic (exact) mass is 420 g/mol. The molecule has 9 heteroatoms. The lowest BCUT2D eigenvalue weighted by Crippen LogP contribution is -2.32. The highest BCUT2D eigenvalue weighted by molar-refractivity contribution is 7.09. The smallest absolute Gasteiger partial charge is 0.146 e. The van der Waals surface area contributed by atoms with Gasteiger partial charge in [-0.3, -0.25) is 0 Å². The average molecular weight is 421 g/mol. The maximum atomic E-state index is 5.78. The lowest BCUT2D eigenvalue weighted by atomic mass is 10.3. The van der Waals surface area contributed by atoms with Gasteiger partial charge in [-0.1, -0.05) is 6.07 Å². The highest BCUT2D eigenvalue weighted by Crippen LogP contribution is 2.10. The van der Waals surface area contributed by atoms with Gasteiger partial charge in [0.2, 0.25) is 0 Å². The second kappa shape index (κ2) is 15.3. The van der Waals surface area contributed by atoms with Crippen LogP contribution in [0.15, 0.2) is 17.5 Å². The van der Waals surface area contributed by atoms with Gasteiger partial charge in [-0.15, -0.1) is 11.3 Å². The van der Waals surface area contributed by atoms with Gasteiger partial charge in [0, 0.05) is 25.5 Å². The normalized spacial score (nSPS) is 18.3. The molecular weight excluding hydrogens is 388 g/mol. The molecular formula is C19H32O8S. The van der Waals surface area contributed by atoms with Gasteiger partial charge in [-0.25, -0.2) is 0 Å². The van der Waals surface area contributed by atoms with Crippen LogP contribution in [0.25, 0.3) is 0 Å². The zero-order chi connectivity index (χ0) is 19.9. The molecule has 0 amide bonds. The predicted molar refractivity (Wildman–Crippen MR) is 104 cm³/mol. The van der Waals surface area contributed by atoms with Crippen molar-refractivity contribution >= 4 is 11.3 Å². The van der Waals surface area contributed by atoms with Gasteiger partial charge in [-0.2, -0.15) is 0 Å². The van der Waals surface area contributed by atoms with Gasteiger partial charge >= 0.3 is 0 Å². The Kier molecular flexibility index (Phi) is 12.9. The molecule has 1 aromatic heterocycles. The van der Waals surface area contributed by atoms with Gasteiger partial charge in [0.25, 0.3) is 0 Å². The number of hydrogen-bond acceptors (Lipinski definition) is 9. The van der Waals surface area contributed by atoms with Crippen LogP contribution in [0.5, 0.6) is 0 Å². The van der Waals surface area contributed by atoms with Gasteiger partial charge in [0.1, 0.15) is 31.9 Å². The largest absolute Gasteiger partial charge is 0.378 e. The van der Waals surface area contributed by atoms with E-state index in [-0.39, 0.29) is 31.9 Å². The van der Waals surface area contributed by atoms with E-state index in [9.17, 15) is 0 Å². The summed E-state index contributed by atoms with van der Waals surface area (Å²) in [5.41, 5.74) is 0. The second-order valence-electron chi connectivity index (χ2n) is 6.32. The molecule has 0 radical (unpaired) electrons. The summed E-state index contributed by atoms with van der Waals surface area (Å²) in [5, 5.41) is 2.07. The molecule has 2 rings (SSSR count). The lowest BCUT2D eigenvalue weighted by molar-refractivity contribution is -0.146. The van der Waals surface area contributed by atoms with Gasteiger partial charge in [0.15, 0.2) is 0 Å². The molecule has 1 fully saturated rings. The van der Waals surface area contributed by atoms with Crippen molar-refractivity contribution in [3.05, 3.63) is 22.4 Å². The summed E-state index contributed by atoms with van der Waals surface area (Å²) in [4.78, 5) is 1.31. The Morgan fingerprint density at radius 1 is 1.00 bits per heavy atom. The van der Waals surface area contributed by atoms with Crippen molar-refractivity contribution < 1.29 is 37.9 Å². The molecule has 3 unspecified atom stereocenters. The fourth-order valence-electron chi connectivity index (χ4n) is 2.29. The molecule has 162 valence electrons. The van der Waals surface area contributed by atoms with Crippen molar-refractivity contribution in [2.75, 3.05) is 74.1 Å². The molecule has 1 aliphatic heterocycles. The molecule has 2 heterocycles. The molecule has 0 aliphatic carbocycles. The molecule has 1 saturated heterocycles. The molecule has 8 nitrogen and oxygen atoms in total. The first-order chi connectivity index (χ1) is 13.8. The number of rotatable bonds is 19. The van der Waals surface area contributed by atoms with E-state index in [1.807, 2.05) is 6.07 Å². The standard InChI is InChI=1S/C19H32O8S/c1-20-14-26-16(8-22-6-5-19-4-3-7-28-19)9-23-10-17(27-15-21-2)11-24-12-18-13-25-18/h3-4,7,16-18H,5-6,8-15H2,1-2H3. The summed E-state index contributed by atoms with van der Waals surface area (Å²) < 4.78 is 43.4. The molecule has 1 aromatic rings. The van der Waals surface area contributed by atoms with Crippen LogP contribution in [-0.2, 0) is 44.3 Å². The van der Waals surface area contributed by atoms with Crippen molar-refractivity contribution in [1.29, 1.82) is 0 Å². The van der Waals surface area contributed by atoms with E-state index in [0.29, 0.717) is 39.6 Å². The van der Waals surface area contributed by atoms with Crippen LogP contribution in [0.3, 0.4) is 0 Å². The Balaban J connectivity index is 1.61. The summed E-state index contributed by atoms with van der Waals surface area (Å²) in [6.07, 6.45) is 0.681. The average Bonchev–Trinajstić information content (AvgIpc) is 3.38. The van der Waals surface area contributed by atoms with Crippen LogP contribution < -0.4 is 0 Å². The Hall–Kier alpha value is -0.620. The fraction of sp³-hybridized carbons (Fsp3) is 0.789. The number of ether oxygens (including phenoxy) is 8. The third-order valence-electron chi connectivity index (χ3n) is 3.84. The van der Waals surface area contributed by atoms with Crippen LogP contribution in [-0.4, -0.2) is 92.4 Å². The van der Waals surface area contributed by atoms with Crippen LogP contribution in [0.2, 0.25) is 0 Å². The van der Waals surface area contributed by atoms with E-state index >= 15 is 0 Å². The molecule has 3 atom stereocenters. The number of thiophene rings is 1. The minimum Gasteiger partial charge on any atom is -0.378 e. The molecule has 0 N–H and O–H groups in total. The number of epoxide rings is 1. The summed E-state index contributed by atoms with van der Waals surface area (Å²) >= 11 is 1.73. The van der Waals surface area contributed by atoms with E-state index in [4.69, 9.17) is 37.9 Å². The van der Waals surface area contributed by atoms with Crippen molar-refractivity contribution in [2.24, 2.45) is 0 Å². The highest BCUT2D eigenvalue weighted by Gasteiger charge is 2.23. The summed E-state index contributed by atoms with van der Waals surface area (Å²) in [7, 11) is 3.17. The second-order valence-corrected chi connectivity index (χ2v) is 7.36. The highest BCUT2D eigenvalue weighted by atomic mass is 32.1. The van der Waals surface area contributed by atoms with Gasteiger partial charge in [-0.05, 0) is 11.4 Å². The molecule has 0 aromatic carbocycles. The summed E-state index contributed by atoms with van der Waals surface area (Å²) in [6, 6.07) is 4.15. The SMILES string of the molecule is COCOC(COCCc1cccs1)COCC(COCC1CO1)OCOC. The van der Waals surface area contributed by atoms with Crippen LogP contribution in [0.1, 0.15) is 4.88 Å². The zero-order valence-electron chi connectivity index (χ0n) is 16.7. The minimum atomic E-state index is -0.221. The van der Waals surface area contributed by atoms with Crippen molar-refractivity contribution in [3.63, 3.8) is 0 Å². The number of hydrogen-bond donors (Lipinski definition) is 0. The topological polar surface area (TPSA) is 77.1 Å². The Labute approximate surface area is 170 Å². The van der Waals surface area contributed by atoms with Crippen LogP contribution >= 0.6 is 11.3 Å². The summed E-state index contributed by atoms with van der Waals surface area (Å²) in [6.45, 7) is 3.97. The third-order valence-corrected chi connectivity index (χ3v) is 4.77. The van der Waals surface area contributed by atoms with Crippen LogP contribution in [0.4, 0.5) is 0 Å².